The monoisotopic (exact) mass is 337 g/mol. The van der Waals surface area contributed by atoms with Crippen LogP contribution in [0.1, 0.15) is 20.7 Å². The number of H-pyrrole nitrogens is 1. The molecule has 1 aliphatic rings. The smallest absolute Gasteiger partial charge is 0.408 e. The van der Waals surface area contributed by atoms with Crippen LogP contribution in [-0.2, 0) is 4.79 Å². The molecular weight excluding hydrogens is 326 g/mol. The van der Waals surface area contributed by atoms with E-state index in [-0.39, 0.29) is 11.1 Å². The van der Waals surface area contributed by atoms with E-state index in [1.54, 1.807) is 42.5 Å². The number of imide groups is 1. The predicted molar refractivity (Wildman–Crippen MR) is 87.3 cm³/mol. The summed E-state index contributed by atoms with van der Waals surface area (Å²) in [6, 6.07) is 11.2. The first-order valence-corrected chi connectivity index (χ1v) is 7.41. The van der Waals surface area contributed by atoms with Gasteiger partial charge in [0.25, 0.3) is 11.8 Å². The van der Waals surface area contributed by atoms with Crippen molar-refractivity contribution < 1.29 is 18.8 Å². The minimum Gasteiger partial charge on any atom is -0.408 e. The SMILES string of the molecule is O=C(CN1C(=O)c2ccccc2C1=O)Nc1cccc2oc(=O)[nH]c12. The van der Waals surface area contributed by atoms with Gasteiger partial charge in [-0.25, -0.2) is 4.79 Å². The number of benzene rings is 2. The van der Waals surface area contributed by atoms with Crippen molar-refractivity contribution >= 4 is 34.5 Å². The van der Waals surface area contributed by atoms with Crippen LogP contribution in [0.25, 0.3) is 11.1 Å². The maximum absolute atomic E-state index is 12.3. The molecule has 2 aromatic carbocycles. The Bertz CT molecular complexity index is 1060. The maximum atomic E-state index is 12.3. The van der Waals surface area contributed by atoms with Crippen molar-refractivity contribution in [2.24, 2.45) is 0 Å². The van der Waals surface area contributed by atoms with E-state index in [4.69, 9.17) is 4.42 Å². The van der Waals surface area contributed by atoms with Crippen LogP contribution in [0.3, 0.4) is 0 Å². The number of hydrogen-bond donors (Lipinski definition) is 2. The molecule has 124 valence electrons. The standard InChI is InChI=1S/C17H11N3O5/c21-13(18-11-6-3-7-12-14(11)19-17(24)25-12)8-20-15(22)9-4-1-2-5-10(9)16(20)23/h1-7H,8H2,(H,18,21)(H,19,24). The Balaban J connectivity index is 1.56. The fourth-order valence-corrected chi connectivity index (χ4v) is 2.79. The highest BCUT2D eigenvalue weighted by atomic mass is 16.4. The van der Waals surface area contributed by atoms with Gasteiger partial charge in [-0.15, -0.1) is 0 Å². The van der Waals surface area contributed by atoms with Crippen LogP contribution >= 0.6 is 0 Å². The zero-order valence-corrected chi connectivity index (χ0v) is 12.7. The molecule has 0 aliphatic carbocycles. The van der Waals surface area contributed by atoms with E-state index in [0.717, 1.165) is 4.90 Å². The van der Waals surface area contributed by atoms with E-state index < -0.39 is 30.0 Å². The largest absolute Gasteiger partial charge is 0.417 e. The predicted octanol–water partition coefficient (Wildman–Crippen LogP) is 1.36. The number of para-hydroxylation sites is 1. The third-order valence-electron chi connectivity index (χ3n) is 3.91. The number of carbonyl (C=O) groups excluding carboxylic acids is 3. The molecule has 0 bridgehead atoms. The maximum Gasteiger partial charge on any atom is 0.417 e. The van der Waals surface area contributed by atoms with E-state index in [1.165, 1.54) is 0 Å². The number of anilines is 1. The van der Waals surface area contributed by atoms with Crippen LogP contribution < -0.4 is 11.1 Å². The van der Waals surface area contributed by atoms with Crippen molar-refractivity contribution in [1.82, 2.24) is 9.88 Å². The number of oxazole rings is 1. The summed E-state index contributed by atoms with van der Waals surface area (Å²) in [5.41, 5.74) is 1.51. The summed E-state index contributed by atoms with van der Waals surface area (Å²) in [4.78, 5) is 51.5. The molecule has 4 rings (SSSR count). The summed E-state index contributed by atoms with van der Waals surface area (Å²) in [7, 11) is 0. The van der Waals surface area contributed by atoms with Crippen molar-refractivity contribution in [2.75, 3.05) is 11.9 Å². The average molecular weight is 337 g/mol. The van der Waals surface area contributed by atoms with E-state index in [0.29, 0.717) is 16.8 Å². The number of fused-ring (bicyclic) bond motifs is 2. The molecule has 0 unspecified atom stereocenters. The highest BCUT2D eigenvalue weighted by Crippen LogP contribution is 2.23. The molecule has 0 radical (unpaired) electrons. The van der Waals surface area contributed by atoms with Crippen LogP contribution in [0.5, 0.6) is 0 Å². The third kappa shape index (κ3) is 2.40. The van der Waals surface area contributed by atoms with Gasteiger partial charge >= 0.3 is 5.76 Å². The van der Waals surface area contributed by atoms with Gasteiger partial charge in [-0.1, -0.05) is 18.2 Å². The fraction of sp³-hybridized carbons (Fsp3) is 0.0588. The highest BCUT2D eigenvalue weighted by Gasteiger charge is 2.36. The number of rotatable bonds is 3. The van der Waals surface area contributed by atoms with Crippen LogP contribution in [-0.4, -0.2) is 34.2 Å². The summed E-state index contributed by atoms with van der Waals surface area (Å²) in [6.45, 7) is -0.426. The lowest BCUT2D eigenvalue weighted by molar-refractivity contribution is -0.116. The topological polar surface area (TPSA) is 112 Å². The minimum atomic E-state index is -0.642. The second kappa shape index (κ2) is 5.45. The molecule has 3 amide bonds. The number of nitrogens with zero attached hydrogens (tertiary/aromatic N) is 1. The lowest BCUT2D eigenvalue weighted by Gasteiger charge is -2.13. The number of hydrogen-bond acceptors (Lipinski definition) is 5. The van der Waals surface area contributed by atoms with Gasteiger partial charge in [0.05, 0.1) is 16.8 Å². The minimum absolute atomic E-state index is 0.279. The summed E-state index contributed by atoms with van der Waals surface area (Å²) >= 11 is 0. The molecule has 1 aromatic heterocycles. The van der Waals surface area contributed by atoms with Gasteiger partial charge < -0.3 is 9.73 Å². The highest BCUT2D eigenvalue weighted by molar-refractivity contribution is 6.22. The van der Waals surface area contributed by atoms with Crippen molar-refractivity contribution in [3.63, 3.8) is 0 Å². The first-order chi connectivity index (χ1) is 12.0. The van der Waals surface area contributed by atoms with E-state index in [1.807, 2.05) is 0 Å². The van der Waals surface area contributed by atoms with Crippen LogP contribution in [0.2, 0.25) is 0 Å². The summed E-state index contributed by atoms with van der Waals surface area (Å²) in [5.74, 6) is -2.22. The molecule has 3 aromatic rings. The van der Waals surface area contributed by atoms with Crippen molar-refractivity contribution in [2.45, 2.75) is 0 Å². The molecule has 0 spiro atoms. The van der Waals surface area contributed by atoms with Gasteiger partial charge in [-0.05, 0) is 24.3 Å². The molecule has 1 aliphatic heterocycles. The molecule has 2 heterocycles. The molecule has 8 nitrogen and oxygen atoms in total. The summed E-state index contributed by atoms with van der Waals surface area (Å²) in [6.07, 6.45) is 0. The Hall–Kier alpha value is -3.68. The quantitative estimate of drug-likeness (QED) is 0.701. The van der Waals surface area contributed by atoms with Gasteiger partial charge in [0.1, 0.15) is 12.1 Å². The number of carbonyl (C=O) groups is 3. The van der Waals surface area contributed by atoms with Gasteiger partial charge in [0.15, 0.2) is 5.58 Å². The average Bonchev–Trinajstić information content (AvgIpc) is 3.09. The lowest BCUT2D eigenvalue weighted by atomic mass is 10.1. The van der Waals surface area contributed by atoms with E-state index in [9.17, 15) is 19.2 Å². The second-order valence-electron chi connectivity index (χ2n) is 5.48. The molecule has 0 fully saturated rings. The number of aromatic amines is 1. The normalized spacial score (nSPS) is 13.4. The first-order valence-electron chi connectivity index (χ1n) is 7.41. The Morgan fingerprint density at radius 2 is 1.68 bits per heavy atom. The molecule has 25 heavy (non-hydrogen) atoms. The molecule has 0 saturated carbocycles. The Kier molecular flexibility index (Phi) is 3.24. The fourth-order valence-electron chi connectivity index (χ4n) is 2.79. The van der Waals surface area contributed by atoms with Crippen molar-refractivity contribution in [1.29, 1.82) is 0 Å². The van der Waals surface area contributed by atoms with E-state index >= 15 is 0 Å². The Labute approximate surface area is 140 Å². The van der Waals surface area contributed by atoms with Crippen molar-refractivity contribution in [3.05, 3.63) is 64.1 Å². The van der Waals surface area contributed by atoms with Gasteiger partial charge in [-0.3, -0.25) is 24.3 Å². The van der Waals surface area contributed by atoms with Crippen LogP contribution in [0, 0.1) is 0 Å². The van der Waals surface area contributed by atoms with Gasteiger partial charge in [0.2, 0.25) is 5.91 Å². The zero-order chi connectivity index (χ0) is 17.6. The summed E-state index contributed by atoms with van der Waals surface area (Å²) < 4.78 is 4.92. The number of aromatic nitrogens is 1. The van der Waals surface area contributed by atoms with E-state index in [2.05, 4.69) is 10.3 Å². The van der Waals surface area contributed by atoms with Crippen LogP contribution in [0.4, 0.5) is 5.69 Å². The number of nitrogens with one attached hydrogen (secondary N) is 2. The number of amides is 3. The first kappa shape index (κ1) is 14.9. The van der Waals surface area contributed by atoms with Crippen LogP contribution in [0.15, 0.2) is 51.7 Å². The molecular formula is C17H11N3O5. The molecule has 8 heteroatoms. The Morgan fingerprint density at radius 1 is 1.00 bits per heavy atom. The van der Waals surface area contributed by atoms with Gasteiger partial charge in [0, 0.05) is 0 Å². The lowest BCUT2D eigenvalue weighted by Crippen LogP contribution is -2.37. The molecule has 2 N–H and O–H groups in total. The molecule has 0 saturated heterocycles. The van der Waals surface area contributed by atoms with Crippen molar-refractivity contribution in [3.8, 4) is 0 Å². The zero-order valence-electron chi connectivity index (χ0n) is 12.7. The second-order valence-corrected chi connectivity index (χ2v) is 5.48. The third-order valence-corrected chi connectivity index (χ3v) is 3.91. The van der Waals surface area contributed by atoms with Gasteiger partial charge in [-0.2, -0.15) is 0 Å². The Morgan fingerprint density at radius 3 is 2.36 bits per heavy atom. The molecule has 0 atom stereocenters. The summed E-state index contributed by atoms with van der Waals surface area (Å²) in [5, 5.41) is 2.58.